The van der Waals surface area contributed by atoms with Gasteiger partial charge in [0.25, 0.3) is 0 Å². The minimum atomic E-state index is -0.651. The number of aryl methyl sites for hydroxylation is 1. The molecule has 1 amide bonds. The zero-order chi connectivity index (χ0) is 15.5. The molecule has 1 fully saturated rings. The lowest BCUT2D eigenvalue weighted by atomic mass is 9.81. The van der Waals surface area contributed by atoms with Crippen molar-refractivity contribution in [3.8, 4) is 6.07 Å². The molecule has 7 nitrogen and oxygen atoms in total. The Morgan fingerprint density at radius 3 is 2.67 bits per heavy atom. The molecule has 0 atom stereocenters. The highest BCUT2D eigenvalue weighted by atomic mass is 32.2. The molecule has 1 aromatic heterocycles. The molecule has 0 bridgehead atoms. The van der Waals surface area contributed by atoms with Crippen LogP contribution in [-0.4, -0.2) is 44.0 Å². The number of hydrogen-bond acceptors (Lipinski definition) is 6. The average molecular weight is 308 g/mol. The number of nitrogens with two attached hydrogens (primary N) is 1. The largest absolute Gasteiger partial charge is 0.336 e. The third kappa shape index (κ3) is 3.13. The molecule has 21 heavy (non-hydrogen) atoms. The summed E-state index contributed by atoms with van der Waals surface area (Å²) in [5, 5.41) is 17.8. The number of hydrogen-bond donors (Lipinski definition) is 1. The molecule has 1 heterocycles. The molecule has 1 aliphatic carbocycles. The average Bonchev–Trinajstić information content (AvgIpc) is 2.84. The third-order valence-electron chi connectivity index (χ3n) is 4.06. The number of carbonyl (C=O) groups is 1. The molecule has 114 valence electrons. The maximum absolute atomic E-state index is 12.4. The molecule has 0 radical (unpaired) electrons. The van der Waals surface area contributed by atoms with Crippen LogP contribution in [0.25, 0.3) is 0 Å². The van der Waals surface area contributed by atoms with E-state index in [1.54, 1.807) is 18.9 Å². The van der Waals surface area contributed by atoms with E-state index in [9.17, 15) is 10.1 Å². The fourth-order valence-corrected chi connectivity index (χ4v) is 3.38. The first kappa shape index (κ1) is 15.6. The van der Waals surface area contributed by atoms with Gasteiger partial charge in [0.1, 0.15) is 11.4 Å². The van der Waals surface area contributed by atoms with Crippen LogP contribution >= 0.6 is 11.8 Å². The summed E-state index contributed by atoms with van der Waals surface area (Å²) in [5.74, 6) is 6.47. The Hall–Kier alpha value is -1.75. The lowest BCUT2D eigenvalue weighted by Gasteiger charge is -2.39. The fraction of sp³-hybridized carbons (Fsp3) is 0.692. The highest BCUT2D eigenvalue weighted by molar-refractivity contribution is 7.99. The van der Waals surface area contributed by atoms with Crippen molar-refractivity contribution in [3.05, 3.63) is 5.82 Å². The summed E-state index contributed by atoms with van der Waals surface area (Å²) in [4.78, 5) is 14.0. The number of aromatic nitrogens is 3. The first-order valence-corrected chi connectivity index (χ1v) is 7.96. The molecule has 0 aromatic carbocycles. The van der Waals surface area contributed by atoms with Crippen LogP contribution in [0.5, 0.6) is 0 Å². The second-order valence-electron chi connectivity index (χ2n) is 5.35. The predicted molar refractivity (Wildman–Crippen MR) is 79.8 cm³/mol. The summed E-state index contributed by atoms with van der Waals surface area (Å²) in [6, 6.07) is 2.35. The number of thioether (sulfide) groups is 1. The Kier molecular flexibility index (Phi) is 4.73. The molecule has 0 aliphatic heterocycles. The molecule has 0 unspecified atom stereocenters. The highest BCUT2D eigenvalue weighted by Crippen LogP contribution is 2.33. The van der Waals surface area contributed by atoms with Gasteiger partial charge in [0, 0.05) is 7.05 Å². The zero-order valence-electron chi connectivity index (χ0n) is 12.4. The summed E-state index contributed by atoms with van der Waals surface area (Å²) in [6.07, 6.45) is 4.63. The van der Waals surface area contributed by atoms with Gasteiger partial charge < -0.3 is 10.7 Å². The van der Waals surface area contributed by atoms with Gasteiger partial charge >= 0.3 is 0 Å². The van der Waals surface area contributed by atoms with E-state index in [2.05, 4.69) is 16.3 Å². The fourth-order valence-electron chi connectivity index (χ4n) is 2.57. The number of carbonyl (C=O) groups excluding carboxylic acids is 1. The van der Waals surface area contributed by atoms with E-state index in [1.165, 1.54) is 16.4 Å². The van der Waals surface area contributed by atoms with Crippen LogP contribution in [0.4, 0.5) is 0 Å². The van der Waals surface area contributed by atoms with E-state index >= 15 is 0 Å². The number of amides is 1. The second kappa shape index (κ2) is 6.35. The van der Waals surface area contributed by atoms with E-state index in [-0.39, 0.29) is 11.7 Å². The summed E-state index contributed by atoms with van der Waals surface area (Å²) in [6.45, 7) is 1.75. The van der Waals surface area contributed by atoms with Crippen molar-refractivity contribution in [1.82, 2.24) is 19.8 Å². The number of nitrogens with zero attached hydrogens (tertiary/aromatic N) is 5. The SMILES string of the molecule is Cc1nnc(SCC(=O)N(C)C2(C#N)CCCCC2)n1N. The Labute approximate surface area is 128 Å². The maximum atomic E-state index is 12.4. The van der Waals surface area contributed by atoms with E-state index < -0.39 is 5.54 Å². The van der Waals surface area contributed by atoms with Gasteiger partial charge in [0.05, 0.1) is 11.8 Å². The normalized spacial score (nSPS) is 17.2. The van der Waals surface area contributed by atoms with Crippen molar-refractivity contribution in [2.45, 2.75) is 49.7 Å². The van der Waals surface area contributed by atoms with Gasteiger partial charge in [-0.3, -0.25) is 4.79 Å². The highest BCUT2D eigenvalue weighted by Gasteiger charge is 2.38. The van der Waals surface area contributed by atoms with E-state index in [0.29, 0.717) is 11.0 Å². The van der Waals surface area contributed by atoms with Gasteiger partial charge in [-0.15, -0.1) is 10.2 Å². The smallest absolute Gasteiger partial charge is 0.234 e. The Bertz CT molecular complexity index is 557. The van der Waals surface area contributed by atoms with Gasteiger partial charge in [-0.2, -0.15) is 5.26 Å². The van der Waals surface area contributed by atoms with Crippen LogP contribution < -0.4 is 5.84 Å². The van der Waals surface area contributed by atoms with Crippen LogP contribution in [0.15, 0.2) is 5.16 Å². The number of rotatable bonds is 4. The summed E-state index contributed by atoms with van der Waals surface area (Å²) < 4.78 is 1.36. The zero-order valence-corrected chi connectivity index (χ0v) is 13.2. The molecule has 2 N–H and O–H groups in total. The molecule has 1 saturated carbocycles. The van der Waals surface area contributed by atoms with Gasteiger partial charge in [-0.1, -0.05) is 31.0 Å². The molecule has 1 aromatic rings. The molecule has 8 heteroatoms. The predicted octanol–water partition coefficient (Wildman–Crippen LogP) is 1.08. The van der Waals surface area contributed by atoms with Gasteiger partial charge in [-0.05, 0) is 19.8 Å². The van der Waals surface area contributed by atoms with Gasteiger partial charge in [0.15, 0.2) is 0 Å². The van der Waals surface area contributed by atoms with Crippen molar-refractivity contribution in [2.24, 2.45) is 0 Å². The van der Waals surface area contributed by atoms with E-state index in [0.717, 1.165) is 32.1 Å². The Morgan fingerprint density at radius 2 is 2.14 bits per heavy atom. The maximum Gasteiger partial charge on any atom is 0.234 e. The molecule has 2 rings (SSSR count). The standard InChI is InChI=1S/C13H20N6OS/c1-10-16-17-12(19(10)15)21-8-11(20)18(2)13(9-14)6-4-3-5-7-13/h3-8,15H2,1-2H3. The lowest BCUT2D eigenvalue weighted by Crippen LogP contribution is -2.50. The van der Waals surface area contributed by atoms with Crippen LogP contribution in [0.1, 0.15) is 37.9 Å². The Morgan fingerprint density at radius 1 is 1.48 bits per heavy atom. The molecule has 1 aliphatic rings. The van der Waals surface area contributed by atoms with E-state index in [1.807, 2.05) is 0 Å². The van der Waals surface area contributed by atoms with Crippen LogP contribution in [0, 0.1) is 18.3 Å². The third-order valence-corrected chi connectivity index (χ3v) is 4.99. The van der Waals surface area contributed by atoms with Crippen molar-refractivity contribution >= 4 is 17.7 Å². The summed E-state index contributed by atoms with van der Waals surface area (Å²) in [5.41, 5.74) is -0.651. The topological polar surface area (TPSA) is 101 Å². The summed E-state index contributed by atoms with van der Waals surface area (Å²) in [7, 11) is 1.72. The van der Waals surface area contributed by atoms with Gasteiger partial charge in [0.2, 0.25) is 11.1 Å². The van der Waals surface area contributed by atoms with E-state index in [4.69, 9.17) is 5.84 Å². The quantitative estimate of drug-likeness (QED) is 0.659. The van der Waals surface area contributed by atoms with Crippen molar-refractivity contribution < 1.29 is 4.79 Å². The molecule has 0 saturated heterocycles. The Balaban J connectivity index is 1.99. The first-order chi connectivity index (χ1) is 10.00. The lowest BCUT2D eigenvalue weighted by molar-refractivity contribution is -0.131. The molecular formula is C13H20N6OS. The minimum absolute atomic E-state index is 0.0795. The number of nitriles is 1. The first-order valence-electron chi connectivity index (χ1n) is 6.98. The van der Waals surface area contributed by atoms with Crippen LogP contribution in [-0.2, 0) is 4.79 Å². The minimum Gasteiger partial charge on any atom is -0.336 e. The molecule has 0 spiro atoms. The van der Waals surface area contributed by atoms with Crippen molar-refractivity contribution in [3.63, 3.8) is 0 Å². The summed E-state index contributed by atoms with van der Waals surface area (Å²) >= 11 is 1.24. The second-order valence-corrected chi connectivity index (χ2v) is 6.29. The van der Waals surface area contributed by atoms with Crippen LogP contribution in [0.3, 0.4) is 0 Å². The van der Waals surface area contributed by atoms with Crippen molar-refractivity contribution in [1.29, 1.82) is 5.26 Å². The van der Waals surface area contributed by atoms with Gasteiger partial charge in [-0.25, -0.2) is 4.68 Å². The van der Waals surface area contributed by atoms with Crippen LogP contribution in [0.2, 0.25) is 0 Å². The van der Waals surface area contributed by atoms with Crippen molar-refractivity contribution in [2.75, 3.05) is 18.6 Å². The monoisotopic (exact) mass is 308 g/mol. The number of nitrogen functional groups attached to an aromatic ring is 1. The molecular weight excluding hydrogens is 288 g/mol.